The molecular weight excluding hydrogens is 212 g/mol. The second-order valence-electron chi connectivity index (χ2n) is 4.24. The van der Waals surface area contributed by atoms with Gasteiger partial charge in [-0.25, -0.2) is 0 Å². The van der Waals surface area contributed by atoms with Gasteiger partial charge in [-0.1, -0.05) is 0 Å². The van der Waals surface area contributed by atoms with E-state index in [4.69, 9.17) is 15.5 Å². The van der Waals surface area contributed by atoms with Gasteiger partial charge < -0.3 is 10.2 Å². The van der Waals surface area contributed by atoms with Crippen molar-refractivity contribution in [2.24, 2.45) is 5.41 Å². The summed E-state index contributed by atoms with van der Waals surface area (Å²) in [5.74, 6) is -2.15. The van der Waals surface area contributed by atoms with Crippen LogP contribution < -0.4 is 0 Å². The van der Waals surface area contributed by atoms with Gasteiger partial charge in [0.15, 0.2) is 0 Å². The molecule has 0 heterocycles. The monoisotopic (exact) mass is 228 g/mol. The fourth-order valence-corrected chi connectivity index (χ4v) is 1.09. The van der Waals surface area contributed by atoms with Gasteiger partial charge >= 0.3 is 11.9 Å². The highest BCUT2D eigenvalue weighted by atomic mass is 16.4. The van der Waals surface area contributed by atoms with Crippen LogP contribution in [0.2, 0.25) is 0 Å². The summed E-state index contributed by atoms with van der Waals surface area (Å²) < 4.78 is 0. The fourth-order valence-electron chi connectivity index (χ4n) is 1.09. The molecule has 0 spiro atoms. The molecule has 0 aromatic rings. The Morgan fingerprint density at radius 1 is 1.25 bits per heavy atom. The lowest BCUT2D eigenvalue weighted by molar-refractivity contribution is -0.141. The number of carboxylic acid groups (broad SMARTS) is 2. The summed E-state index contributed by atoms with van der Waals surface area (Å²) >= 11 is 0. The molecule has 0 aliphatic carbocycles. The highest BCUT2D eigenvalue weighted by Gasteiger charge is 2.20. The first-order valence-electron chi connectivity index (χ1n) is 4.84. The molecule has 0 amide bonds. The lowest BCUT2D eigenvalue weighted by Crippen LogP contribution is -2.36. The van der Waals surface area contributed by atoms with Crippen molar-refractivity contribution in [3.05, 3.63) is 0 Å². The molecule has 90 valence electrons. The molecule has 2 N–H and O–H groups in total. The van der Waals surface area contributed by atoms with Gasteiger partial charge in [-0.15, -0.1) is 0 Å². The maximum absolute atomic E-state index is 10.5. The van der Waals surface area contributed by atoms with Crippen molar-refractivity contribution < 1.29 is 19.8 Å². The normalized spacial score (nSPS) is 11.1. The van der Waals surface area contributed by atoms with Crippen LogP contribution in [0.15, 0.2) is 0 Å². The number of nitriles is 1. The van der Waals surface area contributed by atoms with Gasteiger partial charge in [0.2, 0.25) is 0 Å². The van der Waals surface area contributed by atoms with Crippen molar-refractivity contribution in [3.63, 3.8) is 0 Å². The molecule has 0 bridgehead atoms. The van der Waals surface area contributed by atoms with Gasteiger partial charge in [-0.3, -0.25) is 14.5 Å². The highest BCUT2D eigenvalue weighted by molar-refractivity contribution is 5.72. The SMILES string of the molecule is CC(C)(C#N)CCN(CC(=O)O)CC(=O)O. The number of hydrogen-bond acceptors (Lipinski definition) is 4. The Kier molecular flexibility index (Phi) is 5.47. The summed E-state index contributed by atoms with van der Waals surface area (Å²) in [7, 11) is 0. The molecule has 16 heavy (non-hydrogen) atoms. The van der Waals surface area contributed by atoms with E-state index in [0.717, 1.165) is 0 Å². The highest BCUT2D eigenvalue weighted by Crippen LogP contribution is 2.18. The van der Waals surface area contributed by atoms with Gasteiger partial charge in [0, 0.05) is 6.54 Å². The van der Waals surface area contributed by atoms with Crippen LogP contribution in [0.4, 0.5) is 0 Å². The standard InChI is InChI=1S/C10H16N2O4/c1-10(2,7-11)3-4-12(5-8(13)14)6-9(15)16/h3-6H2,1-2H3,(H,13,14)(H,15,16). The van der Waals surface area contributed by atoms with Crippen LogP contribution in [-0.2, 0) is 9.59 Å². The van der Waals surface area contributed by atoms with Crippen molar-refractivity contribution in [2.45, 2.75) is 20.3 Å². The molecule has 6 nitrogen and oxygen atoms in total. The molecule has 0 rings (SSSR count). The fraction of sp³-hybridized carbons (Fsp3) is 0.700. The zero-order chi connectivity index (χ0) is 12.8. The molecule has 0 aliphatic heterocycles. The molecule has 0 saturated heterocycles. The smallest absolute Gasteiger partial charge is 0.317 e. The maximum Gasteiger partial charge on any atom is 0.317 e. The molecular formula is C10H16N2O4. The summed E-state index contributed by atoms with van der Waals surface area (Å²) in [6, 6.07) is 2.08. The van der Waals surface area contributed by atoms with Crippen molar-refractivity contribution in [1.82, 2.24) is 4.90 Å². The van der Waals surface area contributed by atoms with E-state index in [1.165, 1.54) is 4.90 Å². The van der Waals surface area contributed by atoms with Crippen LogP contribution in [0.3, 0.4) is 0 Å². The number of aliphatic carboxylic acids is 2. The summed E-state index contributed by atoms with van der Waals surface area (Å²) in [6.45, 7) is 3.08. The van der Waals surface area contributed by atoms with Crippen LogP contribution in [0.1, 0.15) is 20.3 Å². The first kappa shape index (κ1) is 14.4. The Hall–Kier alpha value is -1.61. The van der Waals surface area contributed by atoms with Crippen molar-refractivity contribution in [1.29, 1.82) is 5.26 Å². The minimum Gasteiger partial charge on any atom is -0.480 e. The average Bonchev–Trinajstić information content (AvgIpc) is 2.13. The molecule has 6 heteroatoms. The Morgan fingerprint density at radius 2 is 1.69 bits per heavy atom. The van der Waals surface area contributed by atoms with E-state index >= 15 is 0 Å². The van der Waals surface area contributed by atoms with Gasteiger partial charge in [0.1, 0.15) is 0 Å². The Labute approximate surface area is 94.1 Å². The van der Waals surface area contributed by atoms with Crippen molar-refractivity contribution in [2.75, 3.05) is 19.6 Å². The quantitative estimate of drug-likeness (QED) is 0.653. The number of nitrogens with zero attached hydrogens (tertiary/aromatic N) is 2. The Bertz CT molecular complexity index is 290. The Balaban J connectivity index is 4.27. The van der Waals surface area contributed by atoms with Crippen molar-refractivity contribution >= 4 is 11.9 Å². The van der Waals surface area contributed by atoms with Crippen LogP contribution in [0, 0.1) is 16.7 Å². The average molecular weight is 228 g/mol. The lowest BCUT2D eigenvalue weighted by Gasteiger charge is -2.22. The number of carboxylic acids is 2. The van der Waals surface area contributed by atoms with E-state index < -0.39 is 17.4 Å². The minimum atomic E-state index is -1.07. The van der Waals surface area contributed by atoms with Crippen LogP contribution in [-0.4, -0.2) is 46.7 Å². The molecule has 0 saturated carbocycles. The molecule has 0 fully saturated rings. The topological polar surface area (TPSA) is 102 Å². The minimum absolute atomic E-state index is 0.277. The predicted octanol–water partition coefficient (Wildman–Crippen LogP) is 0.397. The molecule has 0 atom stereocenters. The van der Waals surface area contributed by atoms with E-state index in [-0.39, 0.29) is 19.6 Å². The summed E-state index contributed by atoms with van der Waals surface area (Å²) in [5, 5.41) is 25.9. The van der Waals surface area contributed by atoms with Crippen molar-refractivity contribution in [3.8, 4) is 6.07 Å². The van der Waals surface area contributed by atoms with Crippen LogP contribution in [0.5, 0.6) is 0 Å². The lowest BCUT2D eigenvalue weighted by atomic mass is 9.91. The van der Waals surface area contributed by atoms with Gasteiger partial charge in [0.25, 0.3) is 0 Å². The summed E-state index contributed by atoms with van der Waals surface area (Å²) in [6.07, 6.45) is 0.435. The molecule has 0 aromatic heterocycles. The van der Waals surface area contributed by atoms with E-state index in [2.05, 4.69) is 6.07 Å². The maximum atomic E-state index is 10.5. The van der Waals surface area contributed by atoms with Crippen LogP contribution in [0.25, 0.3) is 0 Å². The van der Waals surface area contributed by atoms with E-state index in [1.54, 1.807) is 13.8 Å². The molecule has 0 unspecified atom stereocenters. The van der Waals surface area contributed by atoms with Gasteiger partial charge in [0.05, 0.1) is 24.6 Å². The first-order valence-corrected chi connectivity index (χ1v) is 4.84. The van der Waals surface area contributed by atoms with E-state index in [0.29, 0.717) is 6.42 Å². The number of rotatable bonds is 7. The number of carbonyl (C=O) groups is 2. The molecule has 0 radical (unpaired) electrons. The number of hydrogen-bond donors (Lipinski definition) is 2. The second-order valence-corrected chi connectivity index (χ2v) is 4.24. The van der Waals surface area contributed by atoms with Gasteiger partial charge in [-0.05, 0) is 20.3 Å². The third-order valence-corrected chi connectivity index (χ3v) is 2.07. The van der Waals surface area contributed by atoms with Gasteiger partial charge in [-0.2, -0.15) is 5.26 Å². The van der Waals surface area contributed by atoms with E-state index in [1.807, 2.05) is 0 Å². The summed E-state index contributed by atoms with van der Waals surface area (Å²) in [5.41, 5.74) is -0.574. The predicted molar refractivity (Wildman–Crippen MR) is 55.7 cm³/mol. The summed E-state index contributed by atoms with van der Waals surface area (Å²) in [4.78, 5) is 22.3. The zero-order valence-corrected chi connectivity index (χ0v) is 9.43. The molecule has 0 aromatic carbocycles. The third kappa shape index (κ3) is 6.79. The Morgan fingerprint density at radius 3 is 2.00 bits per heavy atom. The second kappa shape index (κ2) is 6.08. The molecule has 0 aliphatic rings. The van der Waals surface area contributed by atoms with Crippen LogP contribution >= 0.6 is 0 Å². The largest absolute Gasteiger partial charge is 0.480 e. The van der Waals surface area contributed by atoms with E-state index in [9.17, 15) is 9.59 Å². The first-order chi connectivity index (χ1) is 7.26. The zero-order valence-electron chi connectivity index (χ0n) is 9.43. The third-order valence-electron chi connectivity index (χ3n) is 2.07.